The molecule has 0 aliphatic carbocycles. The summed E-state index contributed by atoms with van der Waals surface area (Å²) in [6, 6.07) is 15.3. The van der Waals surface area contributed by atoms with E-state index in [1.54, 1.807) is 48.4 Å². The summed E-state index contributed by atoms with van der Waals surface area (Å²) >= 11 is 0. The van der Waals surface area contributed by atoms with E-state index in [2.05, 4.69) is 10.6 Å². The number of likely N-dealkylation sites (tertiary alicyclic amines) is 1. The van der Waals surface area contributed by atoms with Gasteiger partial charge in [-0.2, -0.15) is 0 Å². The first kappa shape index (κ1) is 23.3. The van der Waals surface area contributed by atoms with Crippen molar-refractivity contribution in [1.29, 1.82) is 0 Å². The Morgan fingerprint density at radius 1 is 0.906 bits per heavy atom. The Labute approximate surface area is 189 Å². The Kier molecular flexibility index (Phi) is 7.87. The fraction of sp³-hybridized carbons (Fsp3) is 0.400. The smallest absolute Gasteiger partial charge is 0.251 e. The lowest BCUT2D eigenvalue weighted by atomic mass is 9.99. The number of piperidine rings is 1. The second-order valence-corrected chi connectivity index (χ2v) is 8.36. The van der Waals surface area contributed by atoms with E-state index in [0.717, 1.165) is 0 Å². The van der Waals surface area contributed by atoms with Crippen molar-refractivity contribution in [3.05, 3.63) is 65.7 Å². The highest BCUT2D eigenvalue weighted by Gasteiger charge is 2.31. The van der Waals surface area contributed by atoms with Crippen molar-refractivity contribution < 1.29 is 19.1 Å². The molecule has 170 valence electrons. The molecular weight excluding hydrogens is 406 g/mol. The molecule has 7 heteroatoms. The molecule has 32 heavy (non-hydrogen) atoms. The largest absolute Gasteiger partial charge is 0.497 e. The molecule has 1 aliphatic heterocycles. The summed E-state index contributed by atoms with van der Waals surface area (Å²) in [6.45, 7) is 4.92. The first-order chi connectivity index (χ1) is 15.4. The van der Waals surface area contributed by atoms with Crippen LogP contribution < -0.4 is 15.4 Å². The van der Waals surface area contributed by atoms with Gasteiger partial charge in [0.15, 0.2) is 0 Å². The van der Waals surface area contributed by atoms with E-state index in [0.29, 0.717) is 42.8 Å². The number of carbonyl (C=O) groups is 3. The molecule has 0 saturated carbocycles. The molecule has 3 amide bonds. The van der Waals surface area contributed by atoms with Crippen molar-refractivity contribution in [2.45, 2.75) is 38.8 Å². The fourth-order valence-corrected chi connectivity index (χ4v) is 3.78. The molecule has 0 spiro atoms. The third-order valence-electron chi connectivity index (χ3n) is 5.75. The summed E-state index contributed by atoms with van der Waals surface area (Å²) in [4.78, 5) is 40.0. The third-order valence-corrected chi connectivity index (χ3v) is 5.75. The topological polar surface area (TPSA) is 87.7 Å². The Morgan fingerprint density at radius 3 is 2.06 bits per heavy atom. The van der Waals surface area contributed by atoms with Crippen LogP contribution in [0.1, 0.15) is 47.4 Å². The highest BCUT2D eigenvalue weighted by Crippen LogP contribution is 2.16. The lowest BCUT2D eigenvalue weighted by molar-refractivity contribution is -0.135. The van der Waals surface area contributed by atoms with Gasteiger partial charge in [0, 0.05) is 30.3 Å². The van der Waals surface area contributed by atoms with Gasteiger partial charge in [0.2, 0.25) is 5.91 Å². The molecule has 1 heterocycles. The zero-order valence-corrected chi connectivity index (χ0v) is 18.8. The quantitative estimate of drug-likeness (QED) is 0.697. The lowest BCUT2D eigenvalue weighted by Crippen LogP contribution is -2.54. The summed E-state index contributed by atoms with van der Waals surface area (Å²) in [5.41, 5.74) is 1.11. The van der Waals surface area contributed by atoms with Gasteiger partial charge >= 0.3 is 0 Å². The fourth-order valence-electron chi connectivity index (χ4n) is 3.78. The van der Waals surface area contributed by atoms with Crippen LogP contribution in [0.3, 0.4) is 0 Å². The van der Waals surface area contributed by atoms with Crippen molar-refractivity contribution in [2.24, 2.45) is 5.92 Å². The Morgan fingerprint density at radius 2 is 1.50 bits per heavy atom. The van der Waals surface area contributed by atoms with Crippen LogP contribution >= 0.6 is 0 Å². The van der Waals surface area contributed by atoms with Gasteiger partial charge in [-0.1, -0.05) is 32.0 Å². The molecule has 3 rings (SSSR count). The number of benzene rings is 2. The van der Waals surface area contributed by atoms with Crippen LogP contribution in [0.4, 0.5) is 0 Å². The van der Waals surface area contributed by atoms with Crippen LogP contribution in [0.25, 0.3) is 0 Å². The summed E-state index contributed by atoms with van der Waals surface area (Å²) in [5.74, 6) is 0.141. The standard InChI is InChI=1S/C25H31N3O4/c1-17(2)22(27-24(30)19-9-11-21(32-3)12-10-19)25(31)28-15-13-20(14-16-28)26-23(29)18-7-5-4-6-8-18/h4-12,17,20,22H,13-16H2,1-3H3,(H,26,29)(H,27,30)/t22-/m0/s1. The maximum Gasteiger partial charge on any atom is 0.251 e. The zero-order valence-electron chi connectivity index (χ0n) is 18.8. The summed E-state index contributed by atoms with van der Waals surface area (Å²) in [5, 5.41) is 5.94. The average Bonchev–Trinajstić information content (AvgIpc) is 2.82. The molecule has 1 aliphatic rings. The number of hydrogen-bond acceptors (Lipinski definition) is 4. The molecule has 1 saturated heterocycles. The van der Waals surface area contributed by atoms with Crippen molar-refractivity contribution in [3.8, 4) is 5.75 Å². The predicted molar refractivity (Wildman–Crippen MR) is 123 cm³/mol. The Balaban J connectivity index is 1.55. The van der Waals surface area contributed by atoms with Crippen LogP contribution in [0, 0.1) is 5.92 Å². The molecule has 2 aromatic rings. The van der Waals surface area contributed by atoms with Gasteiger partial charge in [0.1, 0.15) is 11.8 Å². The average molecular weight is 438 g/mol. The molecule has 2 aromatic carbocycles. The first-order valence-corrected chi connectivity index (χ1v) is 11.0. The van der Waals surface area contributed by atoms with Gasteiger partial charge in [-0.25, -0.2) is 0 Å². The van der Waals surface area contributed by atoms with E-state index in [9.17, 15) is 14.4 Å². The number of carbonyl (C=O) groups excluding carboxylic acids is 3. The number of nitrogens with zero attached hydrogens (tertiary/aromatic N) is 1. The highest BCUT2D eigenvalue weighted by molar-refractivity contribution is 5.97. The van der Waals surface area contributed by atoms with E-state index in [1.807, 2.05) is 32.0 Å². The van der Waals surface area contributed by atoms with Crippen molar-refractivity contribution in [1.82, 2.24) is 15.5 Å². The number of methoxy groups -OCH3 is 1. The van der Waals surface area contributed by atoms with Crippen LogP contribution in [0.2, 0.25) is 0 Å². The van der Waals surface area contributed by atoms with E-state index >= 15 is 0 Å². The number of rotatable bonds is 7. The van der Waals surface area contributed by atoms with Crippen molar-refractivity contribution in [2.75, 3.05) is 20.2 Å². The number of hydrogen-bond donors (Lipinski definition) is 2. The first-order valence-electron chi connectivity index (χ1n) is 11.0. The molecule has 1 atom stereocenters. The van der Waals surface area contributed by atoms with Gasteiger partial charge < -0.3 is 20.3 Å². The summed E-state index contributed by atoms with van der Waals surface area (Å²) in [6.07, 6.45) is 1.36. The van der Waals surface area contributed by atoms with E-state index < -0.39 is 6.04 Å². The molecule has 0 unspecified atom stereocenters. The van der Waals surface area contributed by atoms with E-state index in [1.165, 1.54) is 0 Å². The van der Waals surface area contributed by atoms with Gasteiger partial charge in [-0.15, -0.1) is 0 Å². The highest BCUT2D eigenvalue weighted by atomic mass is 16.5. The number of ether oxygens (including phenoxy) is 1. The Hall–Kier alpha value is -3.35. The minimum Gasteiger partial charge on any atom is -0.497 e. The molecule has 2 N–H and O–H groups in total. The van der Waals surface area contributed by atoms with Gasteiger partial charge in [0.05, 0.1) is 7.11 Å². The van der Waals surface area contributed by atoms with Crippen LogP contribution in [-0.4, -0.2) is 54.9 Å². The van der Waals surface area contributed by atoms with Crippen molar-refractivity contribution >= 4 is 17.7 Å². The van der Waals surface area contributed by atoms with E-state index in [4.69, 9.17) is 4.74 Å². The molecule has 7 nitrogen and oxygen atoms in total. The lowest BCUT2D eigenvalue weighted by Gasteiger charge is -2.35. The van der Waals surface area contributed by atoms with Gasteiger partial charge in [0.25, 0.3) is 11.8 Å². The predicted octanol–water partition coefficient (Wildman–Crippen LogP) is 2.87. The van der Waals surface area contributed by atoms with Crippen LogP contribution in [0.15, 0.2) is 54.6 Å². The summed E-state index contributed by atoms with van der Waals surface area (Å²) < 4.78 is 5.12. The molecule has 1 fully saturated rings. The maximum atomic E-state index is 13.2. The monoisotopic (exact) mass is 437 g/mol. The van der Waals surface area contributed by atoms with Crippen molar-refractivity contribution in [3.63, 3.8) is 0 Å². The minimum atomic E-state index is -0.611. The number of nitrogens with one attached hydrogen (secondary N) is 2. The molecular formula is C25H31N3O4. The maximum absolute atomic E-state index is 13.2. The van der Waals surface area contributed by atoms with Gasteiger partial charge in [-0.05, 0) is 55.2 Å². The molecule has 0 bridgehead atoms. The van der Waals surface area contributed by atoms with Gasteiger partial charge in [-0.3, -0.25) is 14.4 Å². The third kappa shape index (κ3) is 5.87. The minimum absolute atomic E-state index is 0.0261. The van der Waals surface area contributed by atoms with E-state index in [-0.39, 0.29) is 29.7 Å². The SMILES string of the molecule is COc1ccc(C(=O)N[C@H](C(=O)N2CCC(NC(=O)c3ccccc3)CC2)C(C)C)cc1. The zero-order chi connectivity index (χ0) is 23.1. The normalized spacial score (nSPS) is 15.2. The van der Waals surface area contributed by atoms with Crippen LogP contribution in [-0.2, 0) is 4.79 Å². The number of amides is 3. The molecule has 0 radical (unpaired) electrons. The second-order valence-electron chi connectivity index (χ2n) is 8.36. The summed E-state index contributed by atoms with van der Waals surface area (Å²) in [7, 11) is 1.57. The van der Waals surface area contributed by atoms with Crippen LogP contribution in [0.5, 0.6) is 5.75 Å². The Bertz CT molecular complexity index is 920. The second kappa shape index (κ2) is 10.8. The molecule has 0 aromatic heterocycles.